The van der Waals surface area contributed by atoms with Crippen LogP contribution in [0.5, 0.6) is 0 Å². The summed E-state index contributed by atoms with van der Waals surface area (Å²) in [6.45, 7) is 1.88. The summed E-state index contributed by atoms with van der Waals surface area (Å²) >= 11 is 0. The van der Waals surface area contributed by atoms with E-state index in [2.05, 4.69) is 9.97 Å². The van der Waals surface area contributed by atoms with Crippen LogP contribution in [0.1, 0.15) is 16.1 Å². The molecule has 2 aromatic heterocycles. The van der Waals surface area contributed by atoms with Crippen molar-refractivity contribution in [3.63, 3.8) is 0 Å². The summed E-state index contributed by atoms with van der Waals surface area (Å²) in [5.74, 6) is -1.14. The lowest BCUT2D eigenvalue weighted by Gasteiger charge is -2.02. The van der Waals surface area contributed by atoms with Crippen molar-refractivity contribution in [1.29, 1.82) is 0 Å². The number of benzene rings is 1. The molecule has 0 radical (unpaired) electrons. The molecule has 3 aromatic rings. The lowest BCUT2D eigenvalue weighted by atomic mass is 10.0. The number of fused-ring (bicyclic) bond motifs is 1. The number of nitrogens with one attached hydrogen (secondary N) is 2. The normalized spacial score (nSPS) is 11.0. The molecule has 0 amide bonds. The van der Waals surface area contributed by atoms with Gasteiger partial charge in [-0.25, -0.2) is 9.59 Å². The minimum absolute atomic E-state index is 0.00171. The highest BCUT2D eigenvalue weighted by Crippen LogP contribution is 2.33. The van der Waals surface area contributed by atoms with Crippen LogP contribution in [0.3, 0.4) is 0 Å². The van der Waals surface area contributed by atoms with E-state index in [-0.39, 0.29) is 11.3 Å². The van der Waals surface area contributed by atoms with Crippen LogP contribution in [0.2, 0.25) is 0 Å². The molecule has 0 unspecified atom stereocenters. The highest BCUT2D eigenvalue weighted by Gasteiger charge is 2.23. The van der Waals surface area contributed by atoms with Gasteiger partial charge in [0.15, 0.2) is 0 Å². The highest BCUT2D eigenvalue weighted by atomic mass is 16.4. The molecule has 0 aliphatic rings. The summed E-state index contributed by atoms with van der Waals surface area (Å²) in [7, 11) is 1.63. The smallest absolute Gasteiger partial charge is 0.353 e. The van der Waals surface area contributed by atoms with Crippen LogP contribution in [0, 0.1) is 6.92 Å². The van der Waals surface area contributed by atoms with E-state index in [0.717, 1.165) is 5.56 Å². The number of H-pyrrole nitrogens is 2. The number of aromatic nitrogens is 3. The van der Waals surface area contributed by atoms with Crippen molar-refractivity contribution in [2.24, 2.45) is 7.05 Å². The first-order valence-corrected chi connectivity index (χ1v) is 6.55. The maximum atomic E-state index is 12.1. The molecule has 7 nitrogen and oxygen atoms in total. The number of hydrogen-bond acceptors (Lipinski definition) is 3. The van der Waals surface area contributed by atoms with E-state index in [1.807, 2.05) is 19.1 Å². The molecule has 0 fully saturated rings. The molecule has 0 saturated carbocycles. The van der Waals surface area contributed by atoms with Gasteiger partial charge in [-0.05, 0) is 19.1 Å². The Morgan fingerprint density at radius 3 is 2.64 bits per heavy atom. The predicted octanol–water partition coefficient (Wildman–Crippen LogP) is 1.23. The number of aromatic amines is 2. The molecule has 0 aliphatic heterocycles. The Hall–Kier alpha value is -3.09. The second-order valence-corrected chi connectivity index (χ2v) is 5.09. The van der Waals surface area contributed by atoms with Gasteiger partial charge in [-0.3, -0.25) is 9.78 Å². The number of nitrogens with zero attached hydrogens (tertiary/aromatic N) is 1. The molecule has 2 heterocycles. The van der Waals surface area contributed by atoms with Crippen LogP contribution >= 0.6 is 0 Å². The third-order valence-corrected chi connectivity index (χ3v) is 3.65. The third kappa shape index (κ3) is 1.95. The zero-order valence-electron chi connectivity index (χ0n) is 11.9. The van der Waals surface area contributed by atoms with Crippen LogP contribution in [0.25, 0.3) is 22.0 Å². The van der Waals surface area contributed by atoms with E-state index >= 15 is 0 Å². The van der Waals surface area contributed by atoms with E-state index in [4.69, 9.17) is 0 Å². The standard InChI is InChI=1S/C15H13N3O4/c1-7-3-4-10-8(5-7)11(12(14(20)21)18(10)2)9-6-16-15(22)17-13(9)19/h3-6H,1-2H3,(H,20,21)(H2,16,17,19,22). The van der Waals surface area contributed by atoms with Crippen LogP contribution in [-0.4, -0.2) is 25.6 Å². The van der Waals surface area contributed by atoms with Crippen LogP contribution in [-0.2, 0) is 7.05 Å². The SMILES string of the molecule is Cc1ccc2c(c1)c(-c1c[nH]c(=O)[nH]c1=O)c(C(=O)O)n2C. The summed E-state index contributed by atoms with van der Waals surface area (Å²) in [5.41, 5.74) is 0.792. The van der Waals surface area contributed by atoms with Crippen molar-refractivity contribution in [2.45, 2.75) is 6.92 Å². The Kier molecular flexibility index (Phi) is 2.98. The summed E-state index contributed by atoms with van der Waals surface area (Å²) in [4.78, 5) is 39.4. The Bertz CT molecular complexity index is 1020. The number of aryl methyl sites for hydroxylation is 2. The van der Waals surface area contributed by atoms with E-state index in [9.17, 15) is 19.5 Å². The number of hydrogen-bond donors (Lipinski definition) is 3. The number of carboxylic acid groups (broad SMARTS) is 1. The van der Waals surface area contributed by atoms with Crippen LogP contribution in [0.4, 0.5) is 0 Å². The lowest BCUT2D eigenvalue weighted by Crippen LogP contribution is -2.23. The highest BCUT2D eigenvalue weighted by molar-refractivity contribution is 6.08. The molecule has 1 aromatic carbocycles. The summed E-state index contributed by atoms with van der Waals surface area (Å²) < 4.78 is 1.52. The Morgan fingerprint density at radius 1 is 1.27 bits per heavy atom. The van der Waals surface area contributed by atoms with E-state index in [1.165, 1.54) is 10.8 Å². The lowest BCUT2D eigenvalue weighted by molar-refractivity contribution is 0.0688. The molecule has 3 rings (SSSR count). The summed E-state index contributed by atoms with van der Waals surface area (Å²) in [6.07, 6.45) is 1.24. The Labute approximate surface area is 123 Å². The van der Waals surface area contributed by atoms with Crippen molar-refractivity contribution in [1.82, 2.24) is 14.5 Å². The van der Waals surface area contributed by atoms with E-state index < -0.39 is 17.2 Å². The van der Waals surface area contributed by atoms with Crippen molar-refractivity contribution < 1.29 is 9.90 Å². The van der Waals surface area contributed by atoms with E-state index in [0.29, 0.717) is 16.5 Å². The van der Waals surface area contributed by atoms with Gasteiger partial charge in [0.1, 0.15) is 5.69 Å². The van der Waals surface area contributed by atoms with Crippen LogP contribution in [0.15, 0.2) is 34.0 Å². The quantitative estimate of drug-likeness (QED) is 0.661. The fourth-order valence-electron chi connectivity index (χ4n) is 2.68. The first-order chi connectivity index (χ1) is 10.4. The van der Waals surface area contributed by atoms with Gasteiger partial charge in [0, 0.05) is 29.7 Å². The minimum atomic E-state index is -1.14. The van der Waals surface area contributed by atoms with Gasteiger partial charge in [0.25, 0.3) is 5.56 Å². The first kappa shape index (κ1) is 13.9. The summed E-state index contributed by atoms with van der Waals surface area (Å²) in [6, 6.07) is 5.50. The molecular formula is C15H13N3O4. The van der Waals surface area contributed by atoms with Gasteiger partial charge in [0.05, 0.1) is 5.56 Å². The Balaban J connectivity index is 2.53. The van der Waals surface area contributed by atoms with E-state index in [1.54, 1.807) is 13.1 Å². The molecule has 0 saturated heterocycles. The Morgan fingerprint density at radius 2 is 2.00 bits per heavy atom. The van der Waals surface area contributed by atoms with Gasteiger partial charge >= 0.3 is 11.7 Å². The molecule has 112 valence electrons. The van der Waals surface area contributed by atoms with Gasteiger partial charge in [-0.1, -0.05) is 11.6 Å². The fourth-order valence-corrected chi connectivity index (χ4v) is 2.68. The number of carbonyl (C=O) groups is 1. The molecule has 22 heavy (non-hydrogen) atoms. The average molecular weight is 299 g/mol. The van der Waals surface area contributed by atoms with Crippen molar-refractivity contribution in [3.05, 3.63) is 56.5 Å². The van der Waals surface area contributed by atoms with Gasteiger partial charge in [-0.15, -0.1) is 0 Å². The monoisotopic (exact) mass is 299 g/mol. The maximum absolute atomic E-state index is 12.1. The zero-order chi connectivity index (χ0) is 16.0. The maximum Gasteiger partial charge on any atom is 0.353 e. The molecule has 0 aliphatic carbocycles. The van der Waals surface area contributed by atoms with Gasteiger partial charge in [0.2, 0.25) is 0 Å². The molecule has 0 spiro atoms. The first-order valence-electron chi connectivity index (χ1n) is 6.55. The molecule has 7 heteroatoms. The predicted molar refractivity (Wildman–Crippen MR) is 81.3 cm³/mol. The molecular weight excluding hydrogens is 286 g/mol. The number of carboxylic acids is 1. The fraction of sp³-hybridized carbons (Fsp3) is 0.133. The second-order valence-electron chi connectivity index (χ2n) is 5.09. The number of aromatic carboxylic acids is 1. The second kappa shape index (κ2) is 4.73. The number of rotatable bonds is 2. The largest absolute Gasteiger partial charge is 0.477 e. The van der Waals surface area contributed by atoms with Crippen molar-refractivity contribution >= 4 is 16.9 Å². The molecule has 0 atom stereocenters. The van der Waals surface area contributed by atoms with Crippen molar-refractivity contribution in [2.75, 3.05) is 0 Å². The molecule has 0 bridgehead atoms. The van der Waals surface area contributed by atoms with Crippen LogP contribution < -0.4 is 11.2 Å². The molecule has 3 N–H and O–H groups in total. The van der Waals surface area contributed by atoms with Crippen molar-refractivity contribution in [3.8, 4) is 11.1 Å². The topological polar surface area (TPSA) is 108 Å². The van der Waals surface area contributed by atoms with Gasteiger partial charge in [-0.2, -0.15) is 0 Å². The van der Waals surface area contributed by atoms with Gasteiger partial charge < -0.3 is 14.7 Å². The zero-order valence-corrected chi connectivity index (χ0v) is 11.9. The third-order valence-electron chi connectivity index (χ3n) is 3.65. The summed E-state index contributed by atoms with van der Waals surface area (Å²) in [5, 5.41) is 10.2. The minimum Gasteiger partial charge on any atom is -0.477 e. The average Bonchev–Trinajstić information content (AvgIpc) is 2.71.